The van der Waals surface area contributed by atoms with E-state index in [0.29, 0.717) is 24.3 Å². The van der Waals surface area contributed by atoms with E-state index in [-0.39, 0.29) is 5.91 Å². The van der Waals surface area contributed by atoms with Gasteiger partial charge in [0.05, 0.1) is 0 Å². The van der Waals surface area contributed by atoms with Gasteiger partial charge in [0.1, 0.15) is 0 Å². The number of benzene rings is 1. The van der Waals surface area contributed by atoms with Crippen molar-refractivity contribution < 1.29 is 4.79 Å². The SMILES string of the molecule is CC(CC(=O)NCC1CCCN1Cc1ccccc1)C1CCNCC1. The lowest BCUT2D eigenvalue weighted by molar-refractivity contribution is -0.122. The molecule has 4 heteroatoms. The molecular weight excluding hydrogens is 310 g/mol. The summed E-state index contributed by atoms with van der Waals surface area (Å²) in [5.74, 6) is 1.43. The number of carbonyl (C=O) groups is 1. The minimum absolute atomic E-state index is 0.234. The Labute approximate surface area is 152 Å². The van der Waals surface area contributed by atoms with Crippen LogP contribution in [0, 0.1) is 11.8 Å². The third kappa shape index (κ3) is 5.55. The molecule has 25 heavy (non-hydrogen) atoms. The number of amides is 1. The smallest absolute Gasteiger partial charge is 0.220 e. The minimum Gasteiger partial charge on any atom is -0.355 e. The second-order valence-corrected chi connectivity index (χ2v) is 7.83. The number of rotatable bonds is 7. The largest absolute Gasteiger partial charge is 0.355 e. The van der Waals surface area contributed by atoms with Crippen molar-refractivity contribution in [3.8, 4) is 0 Å². The highest BCUT2D eigenvalue weighted by Gasteiger charge is 2.26. The fraction of sp³-hybridized carbons (Fsp3) is 0.667. The van der Waals surface area contributed by atoms with E-state index in [2.05, 4.69) is 52.8 Å². The number of hydrogen-bond acceptors (Lipinski definition) is 3. The van der Waals surface area contributed by atoms with E-state index in [1.807, 2.05) is 0 Å². The molecule has 0 radical (unpaired) electrons. The molecule has 4 nitrogen and oxygen atoms in total. The molecule has 0 aromatic heterocycles. The molecule has 0 bridgehead atoms. The Bertz CT molecular complexity index is 527. The Morgan fingerprint density at radius 2 is 2.00 bits per heavy atom. The third-order valence-corrected chi connectivity index (χ3v) is 5.96. The van der Waals surface area contributed by atoms with Crippen LogP contribution in [0.1, 0.15) is 44.6 Å². The zero-order valence-electron chi connectivity index (χ0n) is 15.5. The maximum atomic E-state index is 12.4. The van der Waals surface area contributed by atoms with Crippen LogP contribution in [0.4, 0.5) is 0 Å². The molecular formula is C21H33N3O. The summed E-state index contributed by atoms with van der Waals surface area (Å²) in [6.45, 7) is 7.38. The summed E-state index contributed by atoms with van der Waals surface area (Å²) in [5, 5.41) is 6.62. The van der Waals surface area contributed by atoms with Crippen molar-refractivity contribution in [1.82, 2.24) is 15.5 Å². The highest BCUT2D eigenvalue weighted by Crippen LogP contribution is 2.24. The second-order valence-electron chi connectivity index (χ2n) is 7.83. The molecule has 0 spiro atoms. The fourth-order valence-electron chi connectivity index (χ4n) is 4.33. The van der Waals surface area contributed by atoms with Crippen LogP contribution < -0.4 is 10.6 Å². The molecule has 1 amide bonds. The van der Waals surface area contributed by atoms with Crippen LogP contribution in [-0.2, 0) is 11.3 Å². The molecule has 2 saturated heterocycles. The van der Waals surface area contributed by atoms with Crippen molar-refractivity contribution in [3.63, 3.8) is 0 Å². The maximum Gasteiger partial charge on any atom is 0.220 e. The Morgan fingerprint density at radius 3 is 2.76 bits per heavy atom. The maximum absolute atomic E-state index is 12.4. The van der Waals surface area contributed by atoms with Gasteiger partial charge in [0.25, 0.3) is 0 Å². The Hall–Kier alpha value is -1.39. The molecule has 2 heterocycles. The molecule has 2 fully saturated rings. The lowest BCUT2D eigenvalue weighted by Gasteiger charge is -2.28. The first kappa shape index (κ1) is 18.4. The summed E-state index contributed by atoms with van der Waals surface area (Å²) in [4.78, 5) is 14.9. The fourth-order valence-corrected chi connectivity index (χ4v) is 4.33. The number of hydrogen-bond donors (Lipinski definition) is 2. The zero-order chi connectivity index (χ0) is 17.5. The van der Waals surface area contributed by atoms with Crippen LogP contribution >= 0.6 is 0 Å². The van der Waals surface area contributed by atoms with Crippen molar-refractivity contribution in [2.75, 3.05) is 26.2 Å². The van der Waals surface area contributed by atoms with Crippen LogP contribution in [0.15, 0.2) is 30.3 Å². The molecule has 1 aromatic carbocycles. The van der Waals surface area contributed by atoms with Gasteiger partial charge >= 0.3 is 0 Å². The standard InChI is InChI=1S/C21H33N3O/c1-17(19-9-11-22-12-10-19)14-21(25)23-15-20-8-5-13-24(20)16-18-6-3-2-4-7-18/h2-4,6-7,17,19-20,22H,5,8-16H2,1H3,(H,23,25). The monoisotopic (exact) mass is 343 g/mol. The van der Waals surface area contributed by atoms with Gasteiger partial charge in [-0.2, -0.15) is 0 Å². The number of nitrogens with one attached hydrogen (secondary N) is 2. The van der Waals surface area contributed by atoms with E-state index in [0.717, 1.165) is 32.7 Å². The molecule has 0 aliphatic carbocycles. The van der Waals surface area contributed by atoms with Crippen molar-refractivity contribution >= 4 is 5.91 Å². The van der Waals surface area contributed by atoms with Gasteiger partial charge in [0.15, 0.2) is 0 Å². The Morgan fingerprint density at radius 1 is 1.24 bits per heavy atom. The van der Waals surface area contributed by atoms with Crippen molar-refractivity contribution in [2.45, 2.75) is 51.6 Å². The van der Waals surface area contributed by atoms with E-state index < -0.39 is 0 Å². The average molecular weight is 344 g/mol. The van der Waals surface area contributed by atoms with E-state index >= 15 is 0 Å². The van der Waals surface area contributed by atoms with E-state index in [1.165, 1.54) is 31.2 Å². The van der Waals surface area contributed by atoms with Crippen LogP contribution in [0.3, 0.4) is 0 Å². The Balaban J connectivity index is 1.41. The van der Waals surface area contributed by atoms with Crippen LogP contribution in [0.5, 0.6) is 0 Å². The molecule has 2 N–H and O–H groups in total. The number of likely N-dealkylation sites (tertiary alicyclic amines) is 1. The summed E-state index contributed by atoms with van der Waals surface area (Å²) < 4.78 is 0. The summed E-state index contributed by atoms with van der Waals surface area (Å²) in [7, 11) is 0. The quantitative estimate of drug-likeness (QED) is 0.800. The molecule has 2 atom stereocenters. The summed E-state index contributed by atoms with van der Waals surface area (Å²) >= 11 is 0. The Kier molecular flexibility index (Phi) is 6.88. The lowest BCUT2D eigenvalue weighted by atomic mass is 9.84. The summed E-state index contributed by atoms with van der Waals surface area (Å²) in [5.41, 5.74) is 1.36. The predicted molar refractivity (Wildman–Crippen MR) is 102 cm³/mol. The molecule has 0 saturated carbocycles. The van der Waals surface area contributed by atoms with E-state index in [1.54, 1.807) is 0 Å². The first-order valence-corrected chi connectivity index (χ1v) is 9.98. The van der Waals surface area contributed by atoms with Crippen molar-refractivity contribution in [2.24, 2.45) is 11.8 Å². The zero-order valence-corrected chi connectivity index (χ0v) is 15.5. The van der Waals surface area contributed by atoms with E-state index in [4.69, 9.17) is 0 Å². The van der Waals surface area contributed by atoms with Crippen LogP contribution in [-0.4, -0.2) is 43.0 Å². The number of carbonyl (C=O) groups excluding carboxylic acids is 1. The average Bonchev–Trinajstić information content (AvgIpc) is 3.08. The molecule has 2 unspecified atom stereocenters. The van der Waals surface area contributed by atoms with Crippen molar-refractivity contribution in [1.29, 1.82) is 0 Å². The van der Waals surface area contributed by atoms with Gasteiger partial charge in [-0.05, 0) is 62.7 Å². The second kappa shape index (κ2) is 9.35. The molecule has 2 aliphatic heterocycles. The lowest BCUT2D eigenvalue weighted by Crippen LogP contribution is -2.40. The van der Waals surface area contributed by atoms with Gasteiger partial charge in [-0.25, -0.2) is 0 Å². The number of nitrogens with zero attached hydrogens (tertiary/aromatic N) is 1. The highest BCUT2D eigenvalue weighted by atomic mass is 16.1. The highest BCUT2D eigenvalue weighted by molar-refractivity contribution is 5.76. The van der Waals surface area contributed by atoms with Gasteiger partial charge < -0.3 is 10.6 Å². The summed E-state index contributed by atoms with van der Waals surface area (Å²) in [6.07, 6.45) is 5.52. The minimum atomic E-state index is 0.234. The molecule has 138 valence electrons. The number of piperidine rings is 1. The molecule has 1 aromatic rings. The van der Waals surface area contributed by atoms with Gasteiger partial charge in [-0.3, -0.25) is 9.69 Å². The van der Waals surface area contributed by atoms with Crippen LogP contribution in [0.25, 0.3) is 0 Å². The normalized spacial score (nSPS) is 23.5. The van der Waals surface area contributed by atoms with Gasteiger partial charge in [-0.1, -0.05) is 37.3 Å². The first-order valence-electron chi connectivity index (χ1n) is 9.98. The van der Waals surface area contributed by atoms with Gasteiger partial charge in [-0.15, -0.1) is 0 Å². The summed E-state index contributed by atoms with van der Waals surface area (Å²) in [6, 6.07) is 11.1. The van der Waals surface area contributed by atoms with Crippen molar-refractivity contribution in [3.05, 3.63) is 35.9 Å². The van der Waals surface area contributed by atoms with E-state index in [9.17, 15) is 4.79 Å². The molecule has 3 rings (SSSR count). The third-order valence-electron chi connectivity index (χ3n) is 5.96. The topological polar surface area (TPSA) is 44.4 Å². The predicted octanol–water partition coefficient (Wildman–Crippen LogP) is 2.79. The molecule has 2 aliphatic rings. The first-order chi connectivity index (χ1) is 12.2. The van der Waals surface area contributed by atoms with Gasteiger partial charge in [0, 0.05) is 25.6 Å². The van der Waals surface area contributed by atoms with Crippen LogP contribution in [0.2, 0.25) is 0 Å². The van der Waals surface area contributed by atoms with Gasteiger partial charge in [0.2, 0.25) is 5.91 Å².